The lowest BCUT2D eigenvalue weighted by Gasteiger charge is -2.09. The first-order valence-electron chi connectivity index (χ1n) is 9.07. The highest BCUT2D eigenvalue weighted by molar-refractivity contribution is 7.13. The fourth-order valence-electron chi connectivity index (χ4n) is 3.23. The van der Waals surface area contributed by atoms with Crippen LogP contribution in [0.15, 0.2) is 35.7 Å². The van der Waals surface area contributed by atoms with Crippen molar-refractivity contribution in [2.75, 3.05) is 10.7 Å². The summed E-state index contributed by atoms with van der Waals surface area (Å²) in [6.45, 7) is 5.98. The van der Waals surface area contributed by atoms with Crippen LogP contribution in [-0.2, 0) is 7.05 Å². The molecule has 148 valence electrons. The molecule has 0 radical (unpaired) electrons. The quantitative estimate of drug-likeness (QED) is 0.441. The van der Waals surface area contributed by atoms with E-state index < -0.39 is 6.03 Å². The number of hydrogen-bond acceptors (Lipinski definition) is 6. The van der Waals surface area contributed by atoms with Gasteiger partial charge in [0.2, 0.25) is 0 Å². The van der Waals surface area contributed by atoms with Gasteiger partial charge in [-0.1, -0.05) is 23.8 Å². The number of benzene rings is 1. The minimum atomic E-state index is -0.424. The second kappa shape index (κ2) is 7.51. The first-order valence-corrected chi connectivity index (χ1v) is 9.95. The van der Waals surface area contributed by atoms with Crippen molar-refractivity contribution >= 4 is 40.0 Å². The molecular formula is C20H21N7OS. The Morgan fingerprint density at radius 1 is 1.10 bits per heavy atom. The number of amides is 2. The zero-order valence-electron chi connectivity index (χ0n) is 16.6. The van der Waals surface area contributed by atoms with E-state index in [4.69, 9.17) is 0 Å². The number of carbonyl (C=O) groups excluding carboxylic acids is 1. The minimum absolute atomic E-state index is 0.424. The molecular weight excluding hydrogens is 386 g/mol. The van der Waals surface area contributed by atoms with Crippen LogP contribution in [0.2, 0.25) is 0 Å². The zero-order valence-corrected chi connectivity index (χ0v) is 17.4. The molecule has 0 fully saturated rings. The lowest BCUT2D eigenvalue weighted by Crippen LogP contribution is -2.34. The Labute approximate surface area is 172 Å². The Bertz CT molecular complexity index is 1210. The minimum Gasteiger partial charge on any atom is -0.290 e. The van der Waals surface area contributed by atoms with Crippen LogP contribution in [-0.4, -0.2) is 25.8 Å². The fraction of sp³-hybridized carbons (Fsp3) is 0.200. The van der Waals surface area contributed by atoms with Crippen molar-refractivity contribution < 1.29 is 4.79 Å². The monoisotopic (exact) mass is 407 g/mol. The van der Waals surface area contributed by atoms with E-state index in [1.807, 2.05) is 57.5 Å². The number of hydrazine groups is 1. The maximum atomic E-state index is 12.2. The van der Waals surface area contributed by atoms with Gasteiger partial charge in [-0.2, -0.15) is 5.10 Å². The molecule has 3 aromatic heterocycles. The van der Waals surface area contributed by atoms with Crippen LogP contribution >= 0.6 is 11.3 Å². The summed E-state index contributed by atoms with van der Waals surface area (Å²) < 4.78 is 1.73. The Kier molecular flexibility index (Phi) is 4.89. The number of aryl methyl sites for hydroxylation is 4. The highest BCUT2D eigenvalue weighted by Crippen LogP contribution is 2.26. The summed E-state index contributed by atoms with van der Waals surface area (Å²) in [5.41, 5.74) is 10.4. The van der Waals surface area contributed by atoms with E-state index >= 15 is 0 Å². The highest BCUT2D eigenvalue weighted by atomic mass is 32.1. The van der Waals surface area contributed by atoms with Crippen molar-refractivity contribution in [2.24, 2.45) is 7.05 Å². The molecule has 2 amide bonds. The smallest absolute Gasteiger partial charge is 0.290 e. The summed E-state index contributed by atoms with van der Waals surface area (Å²) in [4.78, 5) is 21.2. The third kappa shape index (κ3) is 3.90. The number of nitrogens with one attached hydrogen (secondary N) is 3. The molecule has 0 saturated carbocycles. The highest BCUT2D eigenvalue weighted by Gasteiger charge is 2.12. The molecule has 0 unspecified atom stereocenters. The van der Waals surface area contributed by atoms with Gasteiger partial charge >= 0.3 is 6.03 Å². The van der Waals surface area contributed by atoms with Gasteiger partial charge < -0.3 is 0 Å². The standard InChI is InChI=1S/C20H21N7OS/c1-11-6-5-7-14(8-11)19-22-16(10-29-19)23-20(28)25-24-15-9-12(2)17-13(3)26-27(4)18(17)21-15/h5-10H,1-4H3,(H,21,24)(H2,23,25,28). The lowest BCUT2D eigenvalue weighted by molar-refractivity contribution is 0.253. The molecule has 4 rings (SSSR count). The SMILES string of the molecule is Cc1cccc(-c2nc(NC(=O)NNc3cc(C)c4c(C)nn(C)c4n3)cs2)c1. The predicted octanol–water partition coefficient (Wildman–Crippen LogP) is 4.17. The van der Waals surface area contributed by atoms with Gasteiger partial charge in [-0.25, -0.2) is 20.2 Å². The van der Waals surface area contributed by atoms with E-state index in [-0.39, 0.29) is 0 Å². The average Bonchev–Trinajstić information content (AvgIpc) is 3.25. The lowest BCUT2D eigenvalue weighted by atomic mass is 10.1. The molecule has 0 aliphatic rings. The van der Waals surface area contributed by atoms with Gasteiger partial charge in [0.15, 0.2) is 5.65 Å². The van der Waals surface area contributed by atoms with Crippen LogP contribution in [0.4, 0.5) is 16.4 Å². The van der Waals surface area contributed by atoms with Crippen molar-refractivity contribution in [3.8, 4) is 10.6 Å². The second-order valence-corrected chi connectivity index (χ2v) is 7.70. The Morgan fingerprint density at radius 2 is 1.93 bits per heavy atom. The first kappa shape index (κ1) is 18.9. The Hall–Kier alpha value is -3.46. The van der Waals surface area contributed by atoms with Crippen molar-refractivity contribution in [3.05, 3.63) is 52.5 Å². The first-order chi connectivity index (χ1) is 13.9. The van der Waals surface area contributed by atoms with Gasteiger partial charge in [0.25, 0.3) is 0 Å². The van der Waals surface area contributed by atoms with E-state index in [0.717, 1.165) is 38.4 Å². The van der Waals surface area contributed by atoms with E-state index in [0.29, 0.717) is 11.6 Å². The number of fused-ring (bicyclic) bond motifs is 1. The van der Waals surface area contributed by atoms with Crippen molar-refractivity contribution in [2.45, 2.75) is 20.8 Å². The van der Waals surface area contributed by atoms with E-state index in [1.54, 1.807) is 4.68 Å². The van der Waals surface area contributed by atoms with Crippen LogP contribution in [0, 0.1) is 20.8 Å². The van der Waals surface area contributed by atoms with E-state index in [9.17, 15) is 4.79 Å². The number of carbonyl (C=O) groups is 1. The van der Waals surface area contributed by atoms with Crippen molar-refractivity contribution in [1.29, 1.82) is 0 Å². The molecule has 0 spiro atoms. The van der Waals surface area contributed by atoms with Gasteiger partial charge in [0.05, 0.1) is 5.69 Å². The maximum absolute atomic E-state index is 12.2. The van der Waals surface area contributed by atoms with Crippen molar-refractivity contribution in [3.63, 3.8) is 0 Å². The van der Waals surface area contributed by atoms with Crippen LogP contribution < -0.4 is 16.2 Å². The molecule has 9 heteroatoms. The third-order valence-corrected chi connectivity index (χ3v) is 5.37. The molecule has 3 N–H and O–H groups in total. The largest absolute Gasteiger partial charge is 0.339 e. The molecule has 8 nitrogen and oxygen atoms in total. The van der Waals surface area contributed by atoms with Crippen molar-refractivity contribution in [1.82, 2.24) is 25.2 Å². The second-order valence-electron chi connectivity index (χ2n) is 6.84. The number of rotatable bonds is 4. The number of thiazole rings is 1. The molecule has 29 heavy (non-hydrogen) atoms. The topological polar surface area (TPSA) is 96.8 Å². The molecule has 0 aliphatic carbocycles. The molecule has 0 bridgehead atoms. The van der Waals surface area contributed by atoms with Gasteiger partial charge in [0.1, 0.15) is 16.6 Å². The molecule has 4 aromatic rings. The van der Waals surface area contributed by atoms with Crippen LogP contribution in [0.3, 0.4) is 0 Å². The van der Waals surface area contributed by atoms with Gasteiger partial charge in [0, 0.05) is 23.4 Å². The number of hydrogen-bond donors (Lipinski definition) is 3. The summed E-state index contributed by atoms with van der Waals surface area (Å²) in [5, 5.41) is 10.8. The Balaban J connectivity index is 1.42. The average molecular weight is 408 g/mol. The predicted molar refractivity (Wildman–Crippen MR) is 116 cm³/mol. The summed E-state index contributed by atoms with van der Waals surface area (Å²) in [5.74, 6) is 1.03. The third-order valence-electron chi connectivity index (χ3n) is 4.48. The van der Waals surface area contributed by atoms with E-state index in [2.05, 4.69) is 37.3 Å². The van der Waals surface area contributed by atoms with Crippen LogP contribution in [0.1, 0.15) is 16.8 Å². The number of nitrogens with zero attached hydrogens (tertiary/aromatic N) is 4. The van der Waals surface area contributed by atoms with E-state index in [1.165, 1.54) is 11.3 Å². The number of urea groups is 1. The fourth-order valence-corrected chi connectivity index (χ4v) is 3.98. The number of aromatic nitrogens is 4. The number of pyridine rings is 1. The Morgan fingerprint density at radius 3 is 2.72 bits per heavy atom. The van der Waals surface area contributed by atoms with Crippen LogP contribution in [0.25, 0.3) is 21.6 Å². The normalized spacial score (nSPS) is 10.9. The van der Waals surface area contributed by atoms with Gasteiger partial charge in [-0.15, -0.1) is 11.3 Å². The number of anilines is 2. The summed E-state index contributed by atoms with van der Waals surface area (Å²) in [6.07, 6.45) is 0. The molecule has 1 aromatic carbocycles. The molecule has 0 atom stereocenters. The molecule has 0 aliphatic heterocycles. The van der Waals surface area contributed by atoms with Crippen LogP contribution in [0.5, 0.6) is 0 Å². The maximum Gasteiger partial charge on any atom is 0.339 e. The zero-order chi connectivity index (χ0) is 20.5. The van der Waals surface area contributed by atoms with Gasteiger partial charge in [-0.05, 0) is 38.5 Å². The summed E-state index contributed by atoms with van der Waals surface area (Å²) in [6, 6.07) is 9.54. The molecule has 0 saturated heterocycles. The summed E-state index contributed by atoms with van der Waals surface area (Å²) >= 11 is 1.48. The van der Waals surface area contributed by atoms with Gasteiger partial charge in [-0.3, -0.25) is 15.4 Å². The summed E-state index contributed by atoms with van der Waals surface area (Å²) in [7, 11) is 1.85. The molecule has 3 heterocycles.